The van der Waals surface area contributed by atoms with E-state index >= 15 is 0 Å². The summed E-state index contributed by atoms with van der Waals surface area (Å²) in [6.07, 6.45) is 2.06. The molecular formula is C14H22O2. The van der Waals surface area contributed by atoms with Crippen molar-refractivity contribution in [2.45, 2.75) is 53.1 Å². The monoisotopic (exact) mass is 222 g/mol. The van der Waals surface area contributed by atoms with Gasteiger partial charge in [0, 0.05) is 11.5 Å². The molecule has 16 heavy (non-hydrogen) atoms. The van der Waals surface area contributed by atoms with Gasteiger partial charge in [-0.2, -0.15) is 0 Å². The van der Waals surface area contributed by atoms with Crippen molar-refractivity contribution in [1.82, 2.24) is 0 Å². The molecule has 0 aromatic carbocycles. The second-order valence-electron chi connectivity index (χ2n) is 5.44. The third-order valence-corrected chi connectivity index (χ3v) is 3.52. The summed E-state index contributed by atoms with van der Waals surface area (Å²) in [7, 11) is 0. The number of ether oxygens (including phenoxy) is 1. The normalized spacial score (nSPS) is 17.8. The van der Waals surface area contributed by atoms with Crippen LogP contribution >= 0.6 is 0 Å². The van der Waals surface area contributed by atoms with E-state index in [-0.39, 0.29) is 5.97 Å². The molecule has 1 aliphatic rings. The van der Waals surface area contributed by atoms with E-state index in [4.69, 9.17) is 4.74 Å². The molecule has 0 aromatic heterocycles. The second kappa shape index (κ2) is 4.44. The lowest BCUT2D eigenvalue weighted by molar-refractivity contribution is -0.156. The first kappa shape index (κ1) is 13.0. The third-order valence-electron chi connectivity index (χ3n) is 3.52. The molecule has 0 aromatic rings. The second-order valence-corrected chi connectivity index (χ2v) is 5.44. The first-order chi connectivity index (χ1) is 7.24. The molecular weight excluding hydrogens is 200 g/mol. The highest BCUT2D eigenvalue weighted by molar-refractivity contribution is 5.87. The predicted octanol–water partition coefficient (Wildman–Crippen LogP) is 3.63. The Bertz CT molecular complexity index is 334. The van der Waals surface area contributed by atoms with Crippen LogP contribution in [0.4, 0.5) is 0 Å². The Morgan fingerprint density at radius 3 is 2.12 bits per heavy atom. The van der Waals surface area contributed by atoms with E-state index in [1.165, 1.54) is 11.1 Å². The maximum absolute atomic E-state index is 11.5. The zero-order chi connectivity index (χ0) is 12.5. The lowest BCUT2D eigenvalue weighted by Gasteiger charge is -2.32. The standard InChI is InChI=1S/C14H22O2/c1-9(2)13(15)16-14(5,6)12-7-10(3)11(4)8-12/h12H,1,7-8H2,2-6H3. The van der Waals surface area contributed by atoms with Gasteiger partial charge in [0.05, 0.1) is 0 Å². The first-order valence-corrected chi connectivity index (χ1v) is 5.78. The number of rotatable bonds is 3. The van der Waals surface area contributed by atoms with Crippen LogP contribution in [0.1, 0.15) is 47.5 Å². The molecule has 0 aliphatic heterocycles. The van der Waals surface area contributed by atoms with Crippen LogP contribution in [0.5, 0.6) is 0 Å². The van der Waals surface area contributed by atoms with Crippen molar-refractivity contribution in [3.8, 4) is 0 Å². The smallest absolute Gasteiger partial charge is 0.333 e. The summed E-state index contributed by atoms with van der Waals surface area (Å²) >= 11 is 0. The Morgan fingerprint density at radius 1 is 1.31 bits per heavy atom. The molecule has 1 rings (SSSR count). The Morgan fingerprint density at radius 2 is 1.75 bits per heavy atom. The third kappa shape index (κ3) is 2.75. The summed E-state index contributed by atoms with van der Waals surface area (Å²) in [5, 5.41) is 0. The Kier molecular flexibility index (Phi) is 3.61. The van der Waals surface area contributed by atoms with Crippen LogP contribution in [-0.2, 0) is 9.53 Å². The van der Waals surface area contributed by atoms with Gasteiger partial charge in [-0.15, -0.1) is 0 Å². The Hall–Kier alpha value is -1.05. The van der Waals surface area contributed by atoms with Crippen molar-refractivity contribution in [3.05, 3.63) is 23.3 Å². The minimum atomic E-state index is -0.408. The van der Waals surface area contributed by atoms with Gasteiger partial charge in [-0.05, 0) is 47.5 Å². The van der Waals surface area contributed by atoms with Crippen molar-refractivity contribution < 1.29 is 9.53 Å². The molecule has 0 N–H and O–H groups in total. The maximum Gasteiger partial charge on any atom is 0.333 e. The number of hydrogen-bond donors (Lipinski definition) is 0. The molecule has 0 atom stereocenters. The molecule has 0 radical (unpaired) electrons. The van der Waals surface area contributed by atoms with Gasteiger partial charge < -0.3 is 4.74 Å². The van der Waals surface area contributed by atoms with Crippen LogP contribution in [0.25, 0.3) is 0 Å². The maximum atomic E-state index is 11.5. The summed E-state index contributed by atoms with van der Waals surface area (Å²) in [6, 6.07) is 0. The van der Waals surface area contributed by atoms with Crippen molar-refractivity contribution >= 4 is 5.97 Å². The van der Waals surface area contributed by atoms with Crippen LogP contribution in [0.3, 0.4) is 0 Å². The molecule has 0 saturated carbocycles. The van der Waals surface area contributed by atoms with Gasteiger partial charge in [0.1, 0.15) is 5.60 Å². The van der Waals surface area contributed by atoms with Crippen LogP contribution in [-0.4, -0.2) is 11.6 Å². The quantitative estimate of drug-likeness (QED) is 0.414. The SMILES string of the molecule is C=C(C)C(=O)OC(C)(C)C1CC(C)=C(C)C1. The molecule has 0 fully saturated rings. The molecule has 0 saturated heterocycles. The first-order valence-electron chi connectivity index (χ1n) is 5.78. The highest BCUT2D eigenvalue weighted by Crippen LogP contribution is 2.39. The van der Waals surface area contributed by atoms with Gasteiger partial charge in [0.25, 0.3) is 0 Å². The van der Waals surface area contributed by atoms with E-state index in [1.54, 1.807) is 6.92 Å². The largest absolute Gasteiger partial charge is 0.456 e. The predicted molar refractivity (Wildman–Crippen MR) is 66.1 cm³/mol. The van der Waals surface area contributed by atoms with E-state index in [0.717, 1.165) is 12.8 Å². The Balaban J connectivity index is 2.66. The van der Waals surface area contributed by atoms with Crippen molar-refractivity contribution in [3.63, 3.8) is 0 Å². The fraction of sp³-hybridized carbons (Fsp3) is 0.643. The molecule has 0 bridgehead atoms. The highest BCUT2D eigenvalue weighted by Gasteiger charge is 2.36. The lowest BCUT2D eigenvalue weighted by atomic mass is 9.87. The minimum absolute atomic E-state index is 0.285. The average molecular weight is 222 g/mol. The van der Waals surface area contributed by atoms with E-state index in [9.17, 15) is 4.79 Å². The van der Waals surface area contributed by atoms with Gasteiger partial charge >= 0.3 is 5.97 Å². The summed E-state index contributed by atoms with van der Waals surface area (Å²) in [5.41, 5.74) is 2.93. The van der Waals surface area contributed by atoms with Gasteiger partial charge in [0.2, 0.25) is 0 Å². The summed E-state index contributed by atoms with van der Waals surface area (Å²) in [6.45, 7) is 13.6. The van der Waals surface area contributed by atoms with Crippen molar-refractivity contribution in [1.29, 1.82) is 0 Å². The molecule has 2 heteroatoms. The highest BCUT2D eigenvalue weighted by atomic mass is 16.6. The minimum Gasteiger partial charge on any atom is -0.456 e. The zero-order valence-electron chi connectivity index (χ0n) is 11.0. The zero-order valence-corrected chi connectivity index (χ0v) is 11.0. The summed E-state index contributed by atoms with van der Waals surface area (Å²) < 4.78 is 5.51. The van der Waals surface area contributed by atoms with E-state index < -0.39 is 5.60 Å². The number of allylic oxidation sites excluding steroid dienone is 2. The summed E-state index contributed by atoms with van der Waals surface area (Å²) in [4.78, 5) is 11.5. The molecule has 1 aliphatic carbocycles. The Labute approximate surface area is 98.4 Å². The van der Waals surface area contributed by atoms with Gasteiger partial charge in [0.15, 0.2) is 0 Å². The van der Waals surface area contributed by atoms with Crippen molar-refractivity contribution in [2.24, 2.45) is 5.92 Å². The molecule has 0 unspecified atom stereocenters. The fourth-order valence-electron chi connectivity index (χ4n) is 2.06. The number of carbonyl (C=O) groups excluding carboxylic acids is 1. The molecule has 0 amide bonds. The van der Waals surface area contributed by atoms with E-state index in [2.05, 4.69) is 20.4 Å². The number of hydrogen-bond acceptors (Lipinski definition) is 2. The van der Waals surface area contributed by atoms with Gasteiger partial charge in [-0.25, -0.2) is 4.79 Å². The van der Waals surface area contributed by atoms with E-state index in [1.807, 2.05) is 13.8 Å². The van der Waals surface area contributed by atoms with Gasteiger partial charge in [-0.3, -0.25) is 0 Å². The van der Waals surface area contributed by atoms with Crippen molar-refractivity contribution in [2.75, 3.05) is 0 Å². The summed E-state index contributed by atoms with van der Waals surface area (Å²) in [5.74, 6) is 0.114. The average Bonchev–Trinajstić information content (AvgIpc) is 2.47. The van der Waals surface area contributed by atoms with Crippen LogP contribution in [0, 0.1) is 5.92 Å². The molecule has 0 spiro atoms. The molecule has 2 nitrogen and oxygen atoms in total. The molecule has 90 valence electrons. The lowest BCUT2D eigenvalue weighted by Crippen LogP contribution is -2.36. The van der Waals surface area contributed by atoms with Gasteiger partial charge in [-0.1, -0.05) is 17.7 Å². The van der Waals surface area contributed by atoms with Crippen LogP contribution in [0.2, 0.25) is 0 Å². The molecule has 0 heterocycles. The topological polar surface area (TPSA) is 26.3 Å². The van der Waals surface area contributed by atoms with E-state index in [0.29, 0.717) is 11.5 Å². The number of esters is 1. The van der Waals surface area contributed by atoms with Crippen LogP contribution < -0.4 is 0 Å². The van der Waals surface area contributed by atoms with Crippen LogP contribution in [0.15, 0.2) is 23.3 Å². The number of carbonyl (C=O) groups is 1. The fourth-order valence-corrected chi connectivity index (χ4v) is 2.06.